The molecule has 27 heavy (non-hydrogen) atoms. The second-order valence-electron chi connectivity index (χ2n) is 6.74. The van der Waals surface area contributed by atoms with Crippen molar-refractivity contribution < 1.29 is 4.79 Å². The van der Waals surface area contributed by atoms with E-state index in [1.54, 1.807) is 11.8 Å². The molecular weight excluding hydrogens is 378 g/mol. The number of para-hydroxylation sites is 1. The van der Waals surface area contributed by atoms with Crippen LogP contribution in [0, 0.1) is 0 Å². The summed E-state index contributed by atoms with van der Waals surface area (Å²) in [5.74, 6) is 0.0834. The van der Waals surface area contributed by atoms with E-state index >= 15 is 0 Å². The van der Waals surface area contributed by atoms with Crippen molar-refractivity contribution >= 4 is 35.0 Å². The summed E-state index contributed by atoms with van der Waals surface area (Å²) in [4.78, 5) is 18.2. The highest BCUT2D eigenvalue weighted by Gasteiger charge is 2.17. The van der Waals surface area contributed by atoms with Crippen molar-refractivity contribution in [2.45, 2.75) is 17.9 Å². The molecule has 144 valence electrons. The van der Waals surface area contributed by atoms with Crippen molar-refractivity contribution in [1.29, 1.82) is 0 Å². The number of hydrogen-bond donors (Lipinski definition) is 1. The maximum absolute atomic E-state index is 12.3. The molecule has 0 radical (unpaired) electrons. The molecule has 0 spiro atoms. The molecule has 1 saturated heterocycles. The van der Waals surface area contributed by atoms with E-state index in [9.17, 15) is 4.79 Å². The van der Waals surface area contributed by atoms with E-state index in [0.29, 0.717) is 6.42 Å². The zero-order valence-electron chi connectivity index (χ0n) is 15.7. The molecule has 0 saturated carbocycles. The van der Waals surface area contributed by atoms with Crippen LogP contribution in [-0.2, 0) is 11.3 Å². The molecule has 1 heterocycles. The van der Waals surface area contributed by atoms with Crippen LogP contribution in [0.25, 0.3) is 0 Å². The molecule has 1 aliphatic heterocycles. The van der Waals surface area contributed by atoms with Crippen LogP contribution < -0.4 is 5.32 Å². The Hall–Kier alpha value is -1.53. The van der Waals surface area contributed by atoms with Gasteiger partial charge in [0.2, 0.25) is 5.91 Å². The highest BCUT2D eigenvalue weighted by Crippen LogP contribution is 2.24. The van der Waals surface area contributed by atoms with Crippen LogP contribution in [0.3, 0.4) is 0 Å². The number of thioether (sulfide) groups is 1. The van der Waals surface area contributed by atoms with Crippen LogP contribution in [0.5, 0.6) is 0 Å². The van der Waals surface area contributed by atoms with Gasteiger partial charge in [-0.1, -0.05) is 35.9 Å². The predicted molar refractivity (Wildman–Crippen MR) is 115 cm³/mol. The molecule has 1 N–H and O–H groups in total. The number of amides is 1. The molecule has 4 nitrogen and oxygen atoms in total. The Morgan fingerprint density at radius 3 is 2.41 bits per heavy atom. The summed E-state index contributed by atoms with van der Waals surface area (Å²) in [7, 11) is 0. The molecule has 0 bridgehead atoms. The van der Waals surface area contributed by atoms with Crippen molar-refractivity contribution in [3.8, 4) is 0 Å². The average Bonchev–Trinajstić information content (AvgIpc) is 2.69. The summed E-state index contributed by atoms with van der Waals surface area (Å²) >= 11 is 7.59. The van der Waals surface area contributed by atoms with Gasteiger partial charge >= 0.3 is 0 Å². The van der Waals surface area contributed by atoms with E-state index in [0.717, 1.165) is 54.9 Å². The number of piperazine rings is 1. The molecule has 0 unspecified atom stereocenters. The molecule has 1 fully saturated rings. The number of nitrogens with one attached hydrogen (secondary N) is 1. The summed E-state index contributed by atoms with van der Waals surface area (Å²) in [6.07, 6.45) is 2.55. The minimum absolute atomic E-state index is 0.0834. The molecule has 0 atom stereocenters. The number of carbonyl (C=O) groups excluding carboxylic acids is 1. The lowest BCUT2D eigenvalue weighted by Gasteiger charge is -2.34. The SMILES string of the molecule is CSc1ccccc1NC(=O)CCN1CCN(Cc2ccc(Cl)cc2)CC1. The van der Waals surface area contributed by atoms with Crippen LogP contribution >= 0.6 is 23.4 Å². The Morgan fingerprint density at radius 1 is 1.04 bits per heavy atom. The predicted octanol–water partition coefficient (Wildman–Crippen LogP) is 4.21. The number of anilines is 1. The largest absolute Gasteiger partial charge is 0.325 e. The van der Waals surface area contributed by atoms with E-state index < -0.39 is 0 Å². The van der Waals surface area contributed by atoms with E-state index in [1.807, 2.05) is 42.7 Å². The third kappa shape index (κ3) is 6.25. The fourth-order valence-electron chi connectivity index (χ4n) is 3.24. The van der Waals surface area contributed by atoms with Gasteiger partial charge in [0.15, 0.2) is 0 Å². The Morgan fingerprint density at radius 2 is 1.70 bits per heavy atom. The van der Waals surface area contributed by atoms with Gasteiger partial charge in [0.05, 0.1) is 5.69 Å². The van der Waals surface area contributed by atoms with Crippen molar-refractivity contribution in [3.05, 3.63) is 59.1 Å². The third-order valence-corrected chi connectivity index (χ3v) is 5.87. The standard InChI is InChI=1S/C21H26ClN3OS/c1-27-20-5-3-2-4-19(20)23-21(26)10-11-24-12-14-25(15-13-24)16-17-6-8-18(22)9-7-17/h2-9H,10-16H2,1H3,(H,23,26). The number of carbonyl (C=O) groups is 1. The van der Waals surface area contributed by atoms with Crippen LogP contribution in [0.1, 0.15) is 12.0 Å². The molecule has 0 aromatic heterocycles. The quantitative estimate of drug-likeness (QED) is 0.702. The Bertz CT molecular complexity index is 745. The number of nitrogens with zero attached hydrogens (tertiary/aromatic N) is 2. The monoisotopic (exact) mass is 403 g/mol. The first kappa shape index (κ1) is 20.2. The lowest BCUT2D eigenvalue weighted by molar-refractivity contribution is -0.116. The average molecular weight is 404 g/mol. The molecule has 1 amide bonds. The Balaban J connectivity index is 1.39. The molecule has 2 aromatic carbocycles. The number of rotatable bonds is 7. The normalized spacial score (nSPS) is 15.6. The van der Waals surface area contributed by atoms with Crippen LogP contribution in [0.2, 0.25) is 5.02 Å². The first-order valence-electron chi connectivity index (χ1n) is 9.26. The zero-order valence-corrected chi connectivity index (χ0v) is 17.2. The first-order valence-corrected chi connectivity index (χ1v) is 10.9. The summed E-state index contributed by atoms with van der Waals surface area (Å²) < 4.78 is 0. The van der Waals surface area contributed by atoms with Crippen molar-refractivity contribution in [3.63, 3.8) is 0 Å². The molecule has 1 aliphatic rings. The van der Waals surface area contributed by atoms with Gasteiger partial charge in [0.1, 0.15) is 0 Å². The lowest BCUT2D eigenvalue weighted by atomic mass is 10.2. The van der Waals surface area contributed by atoms with E-state index in [4.69, 9.17) is 11.6 Å². The topological polar surface area (TPSA) is 35.6 Å². The summed E-state index contributed by atoms with van der Waals surface area (Å²) in [5, 5.41) is 3.82. The molecule has 3 rings (SSSR count). The smallest absolute Gasteiger partial charge is 0.225 e. The van der Waals surface area contributed by atoms with E-state index in [-0.39, 0.29) is 5.91 Å². The van der Waals surface area contributed by atoms with E-state index in [2.05, 4.69) is 27.2 Å². The number of benzene rings is 2. The van der Waals surface area contributed by atoms with Crippen molar-refractivity contribution in [2.75, 3.05) is 44.3 Å². The van der Waals surface area contributed by atoms with Gasteiger partial charge in [-0.05, 0) is 36.1 Å². The van der Waals surface area contributed by atoms with Gasteiger partial charge in [-0.3, -0.25) is 9.69 Å². The molecule has 2 aromatic rings. The maximum atomic E-state index is 12.3. The second-order valence-corrected chi connectivity index (χ2v) is 8.03. The minimum Gasteiger partial charge on any atom is -0.325 e. The number of hydrogen-bond acceptors (Lipinski definition) is 4. The van der Waals surface area contributed by atoms with Gasteiger partial charge in [0, 0.05) is 55.6 Å². The number of halogens is 1. The van der Waals surface area contributed by atoms with Crippen LogP contribution in [-0.4, -0.2) is 54.7 Å². The second kappa shape index (κ2) is 10.1. The third-order valence-electron chi connectivity index (χ3n) is 4.82. The van der Waals surface area contributed by atoms with Gasteiger partial charge < -0.3 is 10.2 Å². The minimum atomic E-state index is 0.0834. The summed E-state index contributed by atoms with van der Waals surface area (Å²) in [6.45, 7) is 5.82. The zero-order chi connectivity index (χ0) is 19.1. The molecule has 6 heteroatoms. The maximum Gasteiger partial charge on any atom is 0.225 e. The van der Waals surface area contributed by atoms with Gasteiger partial charge in [-0.15, -0.1) is 11.8 Å². The lowest BCUT2D eigenvalue weighted by Crippen LogP contribution is -2.46. The highest BCUT2D eigenvalue weighted by molar-refractivity contribution is 7.98. The van der Waals surface area contributed by atoms with Crippen molar-refractivity contribution in [1.82, 2.24) is 9.80 Å². The summed E-state index contributed by atoms with van der Waals surface area (Å²) in [6, 6.07) is 16.0. The summed E-state index contributed by atoms with van der Waals surface area (Å²) in [5.41, 5.74) is 2.20. The highest BCUT2D eigenvalue weighted by atomic mass is 35.5. The Kier molecular flexibility index (Phi) is 7.59. The van der Waals surface area contributed by atoms with Gasteiger partial charge in [0.25, 0.3) is 0 Å². The Labute approximate surface area is 170 Å². The molecule has 0 aliphatic carbocycles. The van der Waals surface area contributed by atoms with Gasteiger partial charge in [-0.2, -0.15) is 0 Å². The van der Waals surface area contributed by atoms with Crippen molar-refractivity contribution in [2.24, 2.45) is 0 Å². The fraction of sp³-hybridized carbons (Fsp3) is 0.381. The van der Waals surface area contributed by atoms with Gasteiger partial charge in [-0.25, -0.2) is 0 Å². The van der Waals surface area contributed by atoms with Crippen LogP contribution in [0.15, 0.2) is 53.4 Å². The molecular formula is C21H26ClN3OS. The van der Waals surface area contributed by atoms with E-state index in [1.165, 1.54) is 5.56 Å². The fourth-order valence-corrected chi connectivity index (χ4v) is 3.92. The van der Waals surface area contributed by atoms with Crippen LogP contribution in [0.4, 0.5) is 5.69 Å². The first-order chi connectivity index (χ1) is 13.1.